The molecule has 3 nitrogen and oxygen atoms in total. The summed E-state index contributed by atoms with van der Waals surface area (Å²) in [5.74, 6) is 3.13. The zero-order valence-corrected chi connectivity index (χ0v) is 12.7. The molecule has 2 N–H and O–H groups in total. The average Bonchev–Trinajstić information content (AvgIpc) is 2.44. The molecule has 0 saturated carbocycles. The Morgan fingerprint density at radius 1 is 1.32 bits per heavy atom. The fraction of sp³-hybridized carbons (Fsp3) is 0.600. The van der Waals surface area contributed by atoms with Crippen LogP contribution in [0.3, 0.4) is 0 Å². The Bertz CT molecular complexity index is 321. The zero-order chi connectivity index (χ0) is 13.9. The van der Waals surface area contributed by atoms with Gasteiger partial charge in [-0.25, -0.2) is 0 Å². The molecule has 0 radical (unpaired) electrons. The molecule has 0 saturated heterocycles. The summed E-state index contributed by atoms with van der Waals surface area (Å²) in [7, 11) is 0. The molecule has 2 unspecified atom stereocenters. The van der Waals surface area contributed by atoms with E-state index in [4.69, 9.17) is 4.74 Å². The second kappa shape index (κ2) is 10.1. The number of benzene rings is 1. The fourth-order valence-electron chi connectivity index (χ4n) is 1.61. The van der Waals surface area contributed by atoms with Crippen molar-refractivity contribution in [2.75, 3.05) is 24.7 Å². The van der Waals surface area contributed by atoms with Gasteiger partial charge in [0, 0.05) is 12.6 Å². The number of nitrogens with one attached hydrogen (secondary N) is 1. The lowest BCUT2D eigenvalue weighted by Gasteiger charge is -2.17. The highest BCUT2D eigenvalue weighted by molar-refractivity contribution is 7.99. The Kier molecular flexibility index (Phi) is 8.71. The van der Waals surface area contributed by atoms with Gasteiger partial charge >= 0.3 is 0 Å². The highest BCUT2D eigenvalue weighted by Crippen LogP contribution is 2.08. The van der Waals surface area contributed by atoms with Gasteiger partial charge in [0.2, 0.25) is 0 Å². The lowest BCUT2D eigenvalue weighted by atomic mass is 10.2. The Balaban J connectivity index is 2.09. The second-order valence-electron chi connectivity index (χ2n) is 4.57. The number of aliphatic hydroxyl groups excluding tert-OH is 1. The van der Waals surface area contributed by atoms with E-state index in [1.165, 1.54) is 11.5 Å². The van der Waals surface area contributed by atoms with E-state index in [0.717, 1.165) is 12.2 Å². The van der Waals surface area contributed by atoms with Crippen molar-refractivity contribution in [1.29, 1.82) is 0 Å². The third-order valence-corrected chi connectivity index (χ3v) is 3.72. The number of thioether (sulfide) groups is 1. The molecule has 108 valence electrons. The lowest BCUT2D eigenvalue weighted by Crippen LogP contribution is -2.36. The van der Waals surface area contributed by atoms with Crippen LogP contribution in [0, 0.1) is 0 Å². The zero-order valence-electron chi connectivity index (χ0n) is 11.8. The molecule has 0 aliphatic rings. The predicted octanol–water partition coefficient (Wildman–Crippen LogP) is 2.55. The summed E-state index contributed by atoms with van der Waals surface area (Å²) in [5, 5.41) is 13.2. The second-order valence-corrected chi connectivity index (χ2v) is 5.97. The van der Waals surface area contributed by atoms with Crippen molar-refractivity contribution in [3.05, 3.63) is 30.3 Å². The quantitative estimate of drug-likeness (QED) is 0.648. The molecule has 1 rings (SSSR count). The molecule has 0 heterocycles. The van der Waals surface area contributed by atoms with E-state index in [1.807, 2.05) is 42.1 Å². The van der Waals surface area contributed by atoms with Crippen molar-refractivity contribution >= 4 is 11.8 Å². The van der Waals surface area contributed by atoms with Crippen LogP contribution in [-0.4, -0.2) is 41.9 Å². The van der Waals surface area contributed by atoms with E-state index in [1.54, 1.807) is 0 Å². The maximum atomic E-state index is 9.84. The topological polar surface area (TPSA) is 41.5 Å². The monoisotopic (exact) mass is 283 g/mol. The van der Waals surface area contributed by atoms with Crippen LogP contribution >= 0.6 is 11.8 Å². The summed E-state index contributed by atoms with van der Waals surface area (Å²) in [5.41, 5.74) is 0. The first-order chi connectivity index (χ1) is 9.22. The molecule has 0 spiro atoms. The van der Waals surface area contributed by atoms with Gasteiger partial charge in [0.1, 0.15) is 18.5 Å². The molecule has 19 heavy (non-hydrogen) atoms. The third kappa shape index (κ3) is 8.14. The first kappa shape index (κ1) is 16.3. The van der Waals surface area contributed by atoms with E-state index < -0.39 is 6.10 Å². The Labute approximate surface area is 120 Å². The summed E-state index contributed by atoms with van der Waals surface area (Å²) in [6.07, 6.45) is 0.659. The van der Waals surface area contributed by atoms with Crippen molar-refractivity contribution in [3.63, 3.8) is 0 Å². The Morgan fingerprint density at radius 3 is 2.74 bits per heavy atom. The molecule has 1 aromatic carbocycles. The van der Waals surface area contributed by atoms with E-state index in [9.17, 15) is 5.11 Å². The van der Waals surface area contributed by atoms with Crippen LogP contribution in [0.5, 0.6) is 5.75 Å². The van der Waals surface area contributed by atoms with Gasteiger partial charge in [-0.3, -0.25) is 0 Å². The molecular weight excluding hydrogens is 258 g/mol. The van der Waals surface area contributed by atoms with Crippen LogP contribution in [-0.2, 0) is 0 Å². The van der Waals surface area contributed by atoms with Crippen LogP contribution in [0.1, 0.15) is 20.3 Å². The Morgan fingerprint density at radius 2 is 2.05 bits per heavy atom. The van der Waals surface area contributed by atoms with Gasteiger partial charge in [0.25, 0.3) is 0 Å². The molecule has 4 heteroatoms. The largest absolute Gasteiger partial charge is 0.491 e. The van der Waals surface area contributed by atoms with Crippen LogP contribution in [0.15, 0.2) is 30.3 Å². The predicted molar refractivity (Wildman–Crippen MR) is 83.0 cm³/mol. The van der Waals surface area contributed by atoms with Crippen LogP contribution in [0.4, 0.5) is 0 Å². The normalized spacial score (nSPS) is 14.1. The van der Waals surface area contributed by atoms with Crippen LogP contribution in [0.25, 0.3) is 0 Å². The first-order valence-electron chi connectivity index (χ1n) is 6.89. The van der Waals surface area contributed by atoms with Crippen LogP contribution in [0.2, 0.25) is 0 Å². The van der Waals surface area contributed by atoms with Crippen LogP contribution < -0.4 is 10.1 Å². The lowest BCUT2D eigenvalue weighted by molar-refractivity contribution is 0.104. The molecule has 2 atom stereocenters. The molecule has 1 aromatic rings. The number of hydrogen-bond acceptors (Lipinski definition) is 4. The molecule has 0 aromatic heterocycles. The van der Waals surface area contributed by atoms with E-state index in [2.05, 4.69) is 19.2 Å². The highest BCUT2D eigenvalue weighted by atomic mass is 32.2. The van der Waals surface area contributed by atoms with Gasteiger partial charge in [-0.1, -0.05) is 25.1 Å². The van der Waals surface area contributed by atoms with Gasteiger partial charge < -0.3 is 15.2 Å². The fourth-order valence-corrected chi connectivity index (χ4v) is 2.42. The van der Waals surface area contributed by atoms with E-state index in [0.29, 0.717) is 19.2 Å². The number of hydrogen-bond donors (Lipinski definition) is 2. The van der Waals surface area contributed by atoms with Crippen molar-refractivity contribution < 1.29 is 9.84 Å². The summed E-state index contributed by atoms with van der Waals surface area (Å²) in [6.45, 7) is 5.23. The minimum absolute atomic E-state index is 0.327. The smallest absolute Gasteiger partial charge is 0.119 e. The SMILES string of the molecule is CCSCCC(C)NCC(O)COc1ccccc1. The molecule has 0 bridgehead atoms. The molecule has 0 aliphatic heterocycles. The maximum absolute atomic E-state index is 9.84. The number of ether oxygens (including phenoxy) is 1. The standard InChI is InChI=1S/C15H25NO2S/c1-3-19-10-9-13(2)16-11-14(17)12-18-15-7-5-4-6-8-15/h4-8,13-14,16-17H,3,9-12H2,1-2H3. The number of rotatable bonds is 10. The summed E-state index contributed by atoms with van der Waals surface area (Å²) in [6, 6.07) is 10.0. The number of para-hydroxylation sites is 1. The van der Waals surface area contributed by atoms with Crippen molar-refractivity contribution in [2.45, 2.75) is 32.4 Å². The highest BCUT2D eigenvalue weighted by Gasteiger charge is 2.07. The van der Waals surface area contributed by atoms with E-state index >= 15 is 0 Å². The van der Waals surface area contributed by atoms with Gasteiger partial charge in [0.05, 0.1) is 0 Å². The molecular formula is C15H25NO2S. The molecule has 0 aliphatic carbocycles. The average molecular weight is 283 g/mol. The first-order valence-corrected chi connectivity index (χ1v) is 8.05. The Hall–Kier alpha value is -0.710. The molecule has 0 amide bonds. The maximum Gasteiger partial charge on any atom is 0.119 e. The minimum Gasteiger partial charge on any atom is -0.491 e. The van der Waals surface area contributed by atoms with Crippen molar-refractivity contribution in [3.8, 4) is 5.75 Å². The number of aliphatic hydroxyl groups is 1. The van der Waals surface area contributed by atoms with E-state index in [-0.39, 0.29) is 0 Å². The molecule has 0 fully saturated rings. The summed E-state index contributed by atoms with van der Waals surface area (Å²) in [4.78, 5) is 0. The van der Waals surface area contributed by atoms with Crippen molar-refractivity contribution in [1.82, 2.24) is 5.32 Å². The summed E-state index contributed by atoms with van der Waals surface area (Å²) >= 11 is 1.95. The van der Waals surface area contributed by atoms with Gasteiger partial charge in [-0.15, -0.1) is 0 Å². The third-order valence-electron chi connectivity index (χ3n) is 2.79. The summed E-state index contributed by atoms with van der Waals surface area (Å²) < 4.78 is 5.50. The van der Waals surface area contributed by atoms with Crippen molar-refractivity contribution in [2.24, 2.45) is 0 Å². The minimum atomic E-state index is -0.471. The van der Waals surface area contributed by atoms with Gasteiger partial charge in [-0.2, -0.15) is 11.8 Å². The van der Waals surface area contributed by atoms with Gasteiger partial charge in [0.15, 0.2) is 0 Å². The van der Waals surface area contributed by atoms with Gasteiger partial charge in [-0.05, 0) is 37.0 Å².